The number of Topliss-reactive ketones (excluding diaryl/α,β-unsaturated/α-hetero) is 1. The van der Waals surface area contributed by atoms with E-state index in [0.717, 1.165) is 12.8 Å². The zero-order valence-corrected chi connectivity index (χ0v) is 19.3. The summed E-state index contributed by atoms with van der Waals surface area (Å²) in [6.07, 6.45) is 2.66. The lowest BCUT2D eigenvalue weighted by atomic mass is 9.77. The molecule has 0 saturated heterocycles. The van der Waals surface area contributed by atoms with Crippen LogP contribution in [0.1, 0.15) is 71.7 Å². The van der Waals surface area contributed by atoms with Crippen LogP contribution in [0.3, 0.4) is 0 Å². The summed E-state index contributed by atoms with van der Waals surface area (Å²) >= 11 is 0. The van der Waals surface area contributed by atoms with Gasteiger partial charge in [-0.25, -0.2) is 9.59 Å². The first-order chi connectivity index (χ1) is 14.8. The van der Waals surface area contributed by atoms with Crippen molar-refractivity contribution in [1.82, 2.24) is 0 Å². The molecule has 1 fully saturated rings. The molecule has 0 aromatic heterocycles. The molecule has 8 heteroatoms. The third-order valence-corrected chi connectivity index (χ3v) is 5.72. The fourth-order valence-corrected chi connectivity index (χ4v) is 4.50. The minimum Gasteiger partial charge on any atom is -0.495 e. The van der Waals surface area contributed by atoms with Gasteiger partial charge in [-0.15, -0.1) is 0 Å². The Morgan fingerprint density at radius 1 is 0.871 bits per heavy atom. The minimum absolute atomic E-state index is 0.0390. The second-order valence-electron chi connectivity index (χ2n) is 7.95. The highest BCUT2D eigenvalue weighted by Gasteiger charge is 2.42. The molecule has 8 nitrogen and oxygen atoms in total. The molecule has 1 aliphatic carbocycles. The van der Waals surface area contributed by atoms with E-state index in [9.17, 15) is 14.4 Å². The van der Waals surface area contributed by atoms with Crippen molar-refractivity contribution in [3.8, 4) is 17.2 Å². The summed E-state index contributed by atoms with van der Waals surface area (Å²) in [5.41, 5.74) is 0.409. The lowest BCUT2D eigenvalue weighted by Crippen LogP contribution is -2.23. The number of carbonyl (C=O) groups is 3. The van der Waals surface area contributed by atoms with Crippen LogP contribution >= 0.6 is 0 Å². The fraction of sp³-hybridized carbons (Fsp3) is 0.609. The maximum absolute atomic E-state index is 12.8. The Balaban J connectivity index is 3.01. The number of benzene rings is 1. The van der Waals surface area contributed by atoms with Crippen LogP contribution in [0.15, 0.2) is 0 Å². The molecule has 0 aliphatic heterocycles. The van der Waals surface area contributed by atoms with Crippen LogP contribution < -0.4 is 14.2 Å². The lowest BCUT2D eigenvalue weighted by Gasteiger charge is -2.30. The topological polar surface area (TPSA) is 97.4 Å². The monoisotopic (exact) mass is 436 g/mol. The summed E-state index contributed by atoms with van der Waals surface area (Å²) in [5, 5.41) is 0. The zero-order valence-electron chi connectivity index (χ0n) is 19.3. The molecule has 0 unspecified atom stereocenters. The third-order valence-electron chi connectivity index (χ3n) is 5.72. The van der Waals surface area contributed by atoms with Crippen molar-refractivity contribution in [1.29, 1.82) is 0 Å². The van der Waals surface area contributed by atoms with Crippen molar-refractivity contribution in [2.75, 3.05) is 35.5 Å². The molecule has 1 aliphatic rings. The van der Waals surface area contributed by atoms with Crippen molar-refractivity contribution in [3.63, 3.8) is 0 Å². The van der Waals surface area contributed by atoms with Crippen LogP contribution in [-0.4, -0.2) is 53.3 Å². The summed E-state index contributed by atoms with van der Waals surface area (Å²) in [7, 11) is 6.64. The second-order valence-corrected chi connectivity index (χ2v) is 7.95. The number of hydrogen-bond donors (Lipinski definition) is 0. The summed E-state index contributed by atoms with van der Waals surface area (Å²) in [6, 6.07) is 0. The Morgan fingerprint density at radius 2 is 1.35 bits per heavy atom. The Hall–Kier alpha value is -2.77. The van der Waals surface area contributed by atoms with Crippen LogP contribution in [0.25, 0.3) is 0 Å². The van der Waals surface area contributed by atoms with E-state index in [1.165, 1.54) is 35.5 Å². The van der Waals surface area contributed by atoms with E-state index in [0.29, 0.717) is 18.4 Å². The van der Waals surface area contributed by atoms with Crippen LogP contribution in [0.4, 0.5) is 0 Å². The van der Waals surface area contributed by atoms with Crippen molar-refractivity contribution in [2.45, 2.75) is 45.4 Å². The maximum atomic E-state index is 12.8. The average Bonchev–Trinajstić information content (AvgIpc) is 3.19. The van der Waals surface area contributed by atoms with E-state index >= 15 is 0 Å². The van der Waals surface area contributed by atoms with Gasteiger partial charge in [0.15, 0.2) is 5.75 Å². The van der Waals surface area contributed by atoms with E-state index in [4.69, 9.17) is 23.7 Å². The van der Waals surface area contributed by atoms with Gasteiger partial charge in [-0.2, -0.15) is 0 Å². The molecular formula is C23H32O8. The van der Waals surface area contributed by atoms with Crippen molar-refractivity contribution >= 4 is 17.7 Å². The number of rotatable bonds is 9. The molecule has 0 spiro atoms. The van der Waals surface area contributed by atoms with Gasteiger partial charge in [-0.3, -0.25) is 4.79 Å². The predicted molar refractivity (Wildman–Crippen MR) is 113 cm³/mol. The second kappa shape index (κ2) is 10.5. The van der Waals surface area contributed by atoms with E-state index < -0.39 is 11.9 Å². The maximum Gasteiger partial charge on any atom is 0.345 e. The highest BCUT2D eigenvalue weighted by molar-refractivity contribution is 6.05. The SMILES string of the molecule is COC(=O)c1c(OC)c(C(=O)OC)c(OC)c([C@@H](CC(C)C)[C@H]2CCCC2=O)c1OC. The molecule has 0 N–H and O–H groups in total. The van der Waals surface area contributed by atoms with Gasteiger partial charge in [0.2, 0.25) is 0 Å². The van der Waals surface area contributed by atoms with Gasteiger partial charge in [0, 0.05) is 23.8 Å². The van der Waals surface area contributed by atoms with Crippen molar-refractivity contribution in [2.24, 2.45) is 11.8 Å². The van der Waals surface area contributed by atoms with Gasteiger partial charge in [0.05, 0.1) is 35.5 Å². The van der Waals surface area contributed by atoms with E-state index in [-0.39, 0.29) is 51.9 Å². The molecule has 31 heavy (non-hydrogen) atoms. The normalized spacial score (nSPS) is 16.8. The Morgan fingerprint density at radius 3 is 1.68 bits per heavy atom. The molecule has 0 radical (unpaired) electrons. The molecule has 0 heterocycles. The quantitative estimate of drug-likeness (QED) is 0.540. The van der Waals surface area contributed by atoms with Crippen LogP contribution in [0.2, 0.25) is 0 Å². The molecular weight excluding hydrogens is 404 g/mol. The van der Waals surface area contributed by atoms with Gasteiger partial charge in [0.1, 0.15) is 28.4 Å². The zero-order chi connectivity index (χ0) is 23.3. The highest BCUT2D eigenvalue weighted by atomic mass is 16.5. The van der Waals surface area contributed by atoms with Crippen LogP contribution in [0.5, 0.6) is 17.2 Å². The smallest absolute Gasteiger partial charge is 0.345 e. The Kier molecular flexibility index (Phi) is 8.30. The number of esters is 2. The van der Waals surface area contributed by atoms with E-state index in [1.807, 2.05) is 0 Å². The van der Waals surface area contributed by atoms with Crippen LogP contribution in [-0.2, 0) is 14.3 Å². The molecule has 2 atom stereocenters. The number of ketones is 1. The van der Waals surface area contributed by atoms with Gasteiger partial charge < -0.3 is 23.7 Å². The van der Waals surface area contributed by atoms with Crippen molar-refractivity contribution in [3.05, 3.63) is 16.7 Å². The molecule has 1 saturated carbocycles. The molecule has 0 bridgehead atoms. The van der Waals surface area contributed by atoms with E-state index in [1.54, 1.807) is 0 Å². The van der Waals surface area contributed by atoms with Gasteiger partial charge in [0.25, 0.3) is 0 Å². The highest BCUT2D eigenvalue weighted by Crippen LogP contribution is 2.52. The lowest BCUT2D eigenvalue weighted by molar-refractivity contribution is -0.121. The minimum atomic E-state index is -0.733. The average molecular weight is 437 g/mol. The summed E-state index contributed by atoms with van der Waals surface area (Å²) in [5.74, 6) is -1.36. The number of carbonyl (C=O) groups excluding carboxylic acids is 3. The first-order valence-corrected chi connectivity index (χ1v) is 10.3. The molecule has 1 aromatic rings. The van der Waals surface area contributed by atoms with Crippen LogP contribution in [0, 0.1) is 11.8 Å². The molecule has 172 valence electrons. The number of ether oxygens (including phenoxy) is 5. The fourth-order valence-electron chi connectivity index (χ4n) is 4.50. The summed E-state index contributed by atoms with van der Waals surface area (Å²) < 4.78 is 26.7. The number of methoxy groups -OCH3 is 5. The first kappa shape index (κ1) is 24.5. The largest absolute Gasteiger partial charge is 0.495 e. The first-order valence-electron chi connectivity index (χ1n) is 10.3. The van der Waals surface area contributed by atoms with Gasteiger partial charge in [-0.05, 0) is 25.2 Å². The van der Waals surface area contributed by atoms with Crippen molar-refractivity contribution < 1.29 is 38.1 Å². The number of hydrogen-bond acceptors (Lipinski definition) is 8. The predicted octanol–water partition coefficient (Wildman–Crippen LogP) is 3.78. The Labute approximate surface area is 183 Å². The summed E-state index contributed by atoms with van der Waals surface area (Å²) in [4.78, 5) is 38.3. The third kappa shape index (κ3) is 4.62. The Bertz CT molecular complexity index is 797. The molecule has 1 aromatic carbocycles. The standard InChI is InChI=1S/C23H32O8/c1-12(2)11-14(13-9-8-10-15(13)24)16-19(27-3)17(22(25)30-6)21(29-5)18(20(16)28-4)23(26)31-7/h12-14H,8-11H2,1-7H3/t13-,14+/m1/s1. The van der Waals surface area contributed by atoms with Gasteiger partial charge >= 0.3 is 11.9 Å². The van der Waals surface area contributed by atoms with Gasteiger partial charge in [-0.1, -0.05) is 13.8 Å². The van der Waals surface area contributed by atoms with E-state index in [2.05, 4.69) is 13.8 Å². The summed E-state index contributed by atoms with van der Waals surface area (Å²) in [6.45, 7) is 4.11. The molecule has 0 amide bonds. The molecule has 2 rings (SSSR count).